The molecule has 138 valence electrons. The summed E-state index contributed by atoms with van der Waals surface area (Å²) in [5.74, 6) is 1.57. The smallest absolute Gasteiger partial charge is 0.259 e. The summed E-state index contributed by atoms with van der Waals surface area (Å²) in [6.07, 6.45) is 3.49. The number of aryl methyl sites for hydroxylation is 1. The summed E-state index contributed by atoms with van der Waals surface area (Å²) in [5, 5.41) is 7.86. The normalized spacial score (nSPS) is 24.7. The Hall–Kier alpha value is -2.26. The first-order valence-electron chi connectivity index (χ1n) is 9.08. The number of nitrogens with zero attached hydrogens (tertiary/aromatic N) is 5. The molecule has 9 heteroatoms. The average Bonchev–Trinajstić information content (AvgIpc) is 3.16. The molecule has 26 heavy (non-hydrogen) atoms. The molecule has 1 saturated carbocycles. The van der Waals surface area contributed by atoms with Crippen molar-refractivity contribution in [1.29, 1.82) is 0 Å². The molecular formula is C17H21N5O4. The Bertz CT molecular complexity index is 808. The highest BCUT2D eigenvalue weighted by Gasteiger charge is 2.41. The van der Waals surface area contributed by atoms with E-state index in [1.165, 1.54) is 6.26 Å². The number of carbonyl (C=O) groups excluding carboxylic acids is 1. The summed E-state index contributed by atoms with van der Waals surface area (Å²) in [6, 6.07) is 0.332. The lowest BCUT2D eigenvalue weighted by molar-refractivity contribution is -0.0782. The number of ether oxygens (including phenoxy) is 1. The van der Waals surface area contributed by atoms with Gasteiger partial charge in [-0.3, -0.25) is 9.69 Å². The molecule has 1 amide bonds. The van der Waals surface area contributed by atoms with Gasteiger partial charge in [-0.05, 0) is 19.8 Å². The molecular weight excluding hydrogens is 338 g/mol. The van der Waals surface area contributed by atoms with Crippen LogP contribution in [0.15, 0.2) is 15.3 Å². The van der Waals surface area contributed by atoms with Crippen molar-refractivity contribution >= 4 is 5.91 Å². The maximum atomic E-state index is 12.7. The van der Waals surface area contributed by atoms with Crippen molar-refractivity contribution in [1.82, 2.24) is 25.1 Å². The van der Waals surface area contributed by atoms with Crippen LogP contribution in [0.2, 0.25) is 0 Å². The van der Waals surface area contributed by atoms with Crippen LogP contribution in [0.5, 0.6) is 0 Å². The summed E-state index contributed by atoms with van der Waals surface area (Å²) < 4.78 is 16.1. The highest BCUT2D eigenvalue weighted by Crippen LogP contribution is 2.41. The van der Waals surface area contributed by atoms with Gasteiger partial charge in [-0.15, -0.1) is 0 Å². The standard InChI is InChI=1S/C17H21N5O4/c1-10-18-16(26-19-10)14-8-21(4-5-24-14)12-6-22(7-12)17(23)13-9-25-20-15(13)11-2-3-11/h9,11-12,14H,2-8H2,1H3. The van der Waals surface area contributed by atoms with Gasteiger partial charge >= 0.3 is 0 Å². The topological polar surface area (TPSA) is 97.7 Å². The molecule has 3 fully saturated rings. The second-order valence-electron chi connectivity index (χ2n) is 7.29. The van der Waals surface area contributed by atoms with Gasteiger partial charge in [0.05, 0.1) is 12.3 Å². The molecule has 0 N–H and O–H groups in total. The molecule has 4 heterocycles. The van der Waals surface area contributed by atoms with Crippen molar-refractivity contribution in [3.8, 4) is 0 Å². The van der Waals surface area contributed by atoms with Gasteiger partial charge in [0.15, 0.2) is 5.82 Å². The monoisotopic (exact) mass is 359 g/mol. The number of likely N-dealkylation sites (tertiary alicyclic amines) is 1. The number of carbonyl (C=O) groups is 1. The first-order chi connectivity index (χ1) is 12.7. The Labute approximate surface area is 150 Å². The Kier molecular flexibility index (Phi) is 3.79. The van der Waals surface area contributed by atoms with Crippen LogP contribution in [0.3, 0.4) is 0 Å². The summed E-state index contributed by atoms with van der Waals surface area (Å²) in [6.45, 7) is 5.39. The lowest BCUT2D eigenvalue weighted by atomic mass is 10.0. The van der Waals surface area contributed by atoms with Crippen LogP contribution in [0.4, 0.5) is 0 Å². The quantitative estimate of drug-likeness (QED) is 0.802. The molecule has 9 nitrogen and oxygen atoms in total. The Morgan fingerprint density at radius 2 is 2.08 bits per heavy atom. The Morgan fingerprint density at radius 3 is 2.81 bits per heavy atom. The van der Waals surface area contributed by atoms with E-state index in [4.69, 9.17) is 13.8 Å². The molecule has 2 aromatic heterocycles. The van der Waals surface area contributed by atoms with Crippen molar-refractivity contribution in [2.75, 3.05) is 32.8 Å². The third-order valence-electron chi connectivity index (χ3n) is 5.37. The minimum absolute atomic E-state index is 0.0294. The van der Waals surface area contributed by atoms with Crippen LogP contribution in [0.1, 0.15) is 52.6 Å². The molecule has 1 atom stereocenters. The zero-order valence-electron chi connectivity index (χ0n) is 14.6. The van der Waals surface area contributed by atoms with Gasteiger partial charge < -0.3 is 18.7 Å². The molecule has 0 aromatic carbocycles. The predicted molar refractivity (Wildman–Crippen MR) is 87.5 cm³/mol. The lowest BCUT2D eigenvalue weighted by Crippen LogP contribution is -2.63. The summed E-state index contributed by atoms with van der Waals surface area (Å²) in [5.41, 5.74) is 1.46. The van der Waals surface area contributed by atoms with Gasteiger partial charge in [0.2, 0.25) is 0 Å². The second kappa shape index (κ2) is 6.17. The van der Waals surface area contributed by atoms with E-state index in [1.807, 2.05) is 4.90 Å². The van der Waals surface area contributed by atoms with Gasteiger partial charge in [-0.1, -0.05) is 10.3 Å². The van der Waals surface area contributed by atoms with Gasteiger partial charge in [0.1, 0.15) is 17.9 Å². The van der Waals surface area contributed by atoms with Crippen LogP contribution < -0.4 is 0 Å². The fourth-order valence-electron chi connectivity index (χ4n) is 3.67. The fraction of sp³-hybridized carbons (Fsp3) is 0.647. The van der Waals surface area contributed by atoms with Crippen molar-refractivity contribution < 1.29 is 18.6 Å². The van der Waals surface area contributed by atoms with Crippen molar-refractivity contribution in [2.24, 2.45) is 0 Å². The number of aromatic nitrogens is 3. The van der Waals surface area contributed by atoms with Crippen LogP contribution >= 0.6 is 0 Å². The summed E-state index contributed by atoms with van der Waals surface area (Å²) in [7, 11) is 0. The third-order valence-corrected chi connectivity index (χ3v) is 5.37. The van der Waals surface area contributed by atoms with E-state index >= 15 is 0 Å². The molecule has 0 radical (unpaired) electrons. The minimum Gasteiger partial charge on any atom is -0.366 e. The van der Waals surface area contributed by atoms with Crippen LogP contribution in [-0.2, 0) is 4.74 Å². The molecule has 2 aromatic rings. The van der Waals surface area contributed by atoms with E-state index in [2.05, 4.69) is 20.2 Å². The molecule has 0 bridgehead atoms. The summed E-state index contributed by atoms with van der Waals surface area (Å²) >= 11 is 0. The van der Waals surface area contributed by atoms with E-state index in [1.54, 1.807) is 6.92 Å². The van der Waals surface area contributed by atoms with E-state index in [0.717, 1.165) is 25.1 Å². The highest BCUT2D eigenvalue weighted by atomic mass is 16.5. The van der Waals surface area contributed by atoms with E-state index in [-0.39, 0.29) is 12.0 Å². The highest BCUT2D eigenvalue weighted by molar-refractivity contribution is 5.95. The van der Waals surface area contributed by atoms with Crippen LogP contribution in [0, 0.1) is 6.92 Å². The number of amides is 1. The number of hydrogen-bond donors (Lipinski definition) is 0. The molecule has 1 unspecified atom stereocenters. The molecule has 2 saturated heterocycles. The summed E-state index contributed by atoms with van der Waals surface area (Å²) in [4.78, 5) is 21.2. The SMILES string of the molecule is Cc1noc(C2CN(C3CN(C(=O)c4conc4C4CC4)C3)CCO2)n1. The van der Waals surface area contributed by atoms with Gasteiger partial charge in [-0.2, -0.15) is 4.98 Å². The molecule has 1 aliphatic carbocycles. The molecule has 2 aliphatic heterocycles. The van der Waals surface area contributed by atoms with Gasteiger partial charge in [0, 0.05) is 38.1 Å². The first-order valence-corrected chi connectivity index (χ1v) is 9.08. The number of rotatable bonds is 4. The minimum atomic E-state index is -0.200. The van der Waals surface area contributed by atoms with Crippen molar-refractivity contribution in [2.45, 2.75) is 37.8 Å². The third kappa shape index (κ3) is 2.80. The second-order valence-corrected chi connectivity index (χ2v) is 7.29. The maximum absolute atomic E-state index is 12.7. The van der Waals surface area contributed by atoms with Gasteiger partial charge in [0.25, 0.3) is 11.8 Å². The van der Waals surface area contributed by atoms with E-state index in [9.17, 15) is 4.79 Å². The number of hydrogen-bond acceptors (Lipinski definition) is 8. The fourth-order valence-corrected chi connectivity index (χ4v) is 3.67. The van der Waals surface area contributed by atoms with Crippen molar-refractivity contribution in [3.63, 3.8) is 0 Å². The van der Waals surface area contributed by atoms with Crippen LogP contribution in [0.25, 0.3) is 0 Å². The van der Waals surface area contributed by atoms with Crippen LogP contribution in [-0.4, -0.2) is 69.8 Å². The zero-order valence-corrected chi connectivity index (χ0v) is 14.6. The number of morpholine rings is 1. The van der Waals surface area contributed by atoms with E-state index < -0.39 is 0 Å². The lowest BCUT2D eigenvalue weighted by Gasteiger charge is -2.47. The maximum Gasteiger partial charge on any atom is 0.259 e. The van der Waals surface area contributed by atoms with Crippen molar-refractivity contribution in [3.05, 3.63) is 29.2 Å². The average molecular weight is 359 g/mol. The first kappa shape index (κ1) is 16.0. The zero-order chi connectivity index (χ0) is 17.7. The molecule has 0 spiro atoms. The predicted octanol–water partition coefficient (Wildman–Crippen LogP) is 1.14. The largest absolute Gasteiger partial charge is 0.366 e. The molecule has 3 aliphatic rings. The molecule has 5 rings (SSSR count). The van der Waals surface area contributed by atoms with Gasteiger partial charge in [-0.25, -0.2) is 0 Å². The van der Waals surface area contributed by atoms with E-state index in [0.29, 0.717) is 55.5 Å². The Balaban J connectivity index is 1.20. The Morgan fingerprint density at radius 1 is 1.23 bits per heavy atom.